The van der Waals surface area contributed by atoms with Crippen molar-refractivity contribution in [1.82, 2.24) is 5.32 Å². The molecule has 0 saturated heterocycles. The first-order chi connectivity index (χ1) is 9.08. The van der Waals surface area contributed by atoms with Crippen molar-refractivity contribution < 1.29 is 18.3 Å². The summed E-state index contributed by atoms with van der Waals surface area (Å²) in [6, 6.07) is 3.54. The van der Waals surface area contributed by atoms with Gasteiger partial charge in [-0.2, -0.15) is 0 Å². The Morgan fingerprint density at radius 1 is 1.47 bits per heavy atom. The number of nitrogens with one attached hydrogen (secondary N) is 1. The molecule has 1 atom stereocenters. The Morgan fingerprint density at radius 3 is 2.84 bits per heavy atom. The molecule has 1 unspecified atom stereocenters. The average Bonchev–Trinajstić information content (AvgIpc) is 2.35. The van der Waals surface area contributed by atoms with Crippen LogP contribution < -0.4 is 11.1 Å². The lowest BCUT2D eigenvalue weighted by Crippen LogP contribution is -2.40. The molecule has 0 saturated carbocycles. The van der Waals surface area contributed by atoms with Gasteiger partial charge in [0.1, 0.15) is 0 Å². The zero-order valence-electron chi connectivity index (χ0n) is 10.8. The second-order valence-electron chi connectivity index (χ2n) is 4.19. The molecular formula is C13H18F2N2O2. The minimum absolute atomic E-state index is 0.0291. The molecule has 4 nitrogen and oxygen atoms in total. The predicted molar refractivity (Wildman–Crippen MR) is 67.5 cm³/mol. The molecule has 1 amide bonds. The van der Waals surface area contributed by atoms with Gasteiger partial charge in [-0.05, 0) is 19.0 Å². The van der Waals surface area contributed by atoms with E-state index in [0.717, 1.165) is 6.07 Å². The fraction of sp³-hybridized carbons (Fsp3) is 0.462. The minimum Gasteiger partial charge on any atom is -0.383 e. The summed E-state index contributed by atoms with van der Waals surface area (Å²) in [5.41, 5.74) is 5.44. The van der Waals surface area contributed by atoms with E-state index in [9.17, 15) is 13.6 Å². The molecule has 0 aliphatic rings. The number of methoxy groups -OCH3 is 1. The number of rotatable bonds is 7. The van der Waals surface area contributed by atoms with Crippen LogP contribution in [0.2, 0.25) is 0 Å². The van der Waals surface area contributed by atoms with Gasteiger partial charge in [-0.15, -0.1) is 0 Å². The molecule has 3 N–H and O–H groups in total. The van der Waals surface area contributed by atoms with E-state index in [1.54, 1.807) is 0 Å². The number of carbonyl (C=O) groups excluding carboxylic acids is 1. The van der Waals surface area contributed by atoms with Crippen molar-refractivity contribution in [2.24, 2.45) is 5.73 Å². The number of benzene rings is 1. The van der Waals surface area contributed by atoms with Crippen molar-refractivity contribution in [3.63, 3.8) is 0 Å². The second-order valence-corrected chi connectivity index (χ2v) is 4.19. The number of carbonyl (C=O) groups is 1. The maximum Gasteiger partial charge on any atom is 0.224 e. The van der Waals surface area contributed by atoms with Crippen molar-refractivity contribution in [3.05, 3.63) is 35.4 Å². The molecule has 1 rings (SSSR count). The quantitative estimate of drug-likeness (QED) is 0.778. The summed E-state index contributed by atoms with van der Waals surface area (Å²) in [4.78, 5) is 11.7. The molecule has 0 bridgehead atoms. The maximum absolute atomic E-state index is 13.4. The summed E-state index contributed by atoms with van der Waals surface area (Å²) in [6.07, 6.45) is 0.347. The highest BCUT2D eigenvalue weighted by Gasteiger charge is 2.15. The van der Waals surface area contributed by atoms with E-state index < -0.39 is 11.6 Å². The second kappa shape index (κ2) is 7.81. The van der Waals surface area contributed by atoms with Crippen LogP contribution in [0.5, 0.6) is 0 Å². The highest BCUT2D eigenvalue weighted by molar-refractivity contribution is 5.78. The first-order valence-corrected chi connectivity index (χ1v) is 5.99. The number of amides is 1. The van der Waals surface area contributed by atoms with Crippen LogP contribution in [0.1, 0.15) is 12.0 Å². The molecule has 0 radical (unpaired) electrons. The van der Waals surface area contributed by atoms with Crippen LogP contribution >= 0.6 is 0 Å². The van der Waals surface area contributed by atoms with E-state index in [1.165, 1.54) is 19.2 Å². The maximum atomic E-state index is 13.4. The van der Waals surface area contributed by atoms with Crippen LogP contribution in [0.25, 0.3) is 0 Å². The predicted octanol–water partition coefficient (Wildman–Crippen LogP) is 0.987. The van der Waals surface area contributed by atoms with Crippen LogP contribution in [0, 0.1) is 11.6 Å². The molecule has 1 aromatic carbocycles. The van der Waals surface area contributed by atoms with Gasteiger partial charge in [0.05, 0.1) is 19.1 Å². The van der Waals surface area contributed by atoms with Gasteiger partial charge in [-0.3, -0.25) is 4.79 Å². The third kappa shape index (κ3) is 4.92. The van der Waals surface area contributed by atoms with E-state index in [4.69, 9.17) is 10.5 Å². The number of ether oxygens (including phenoxy) is 1. The largest absolute Gasteiger partial charge is 0.383 e. The van der Waals surface area contributed by atoms with E-state index >= 15 is 0 Å². The lowest BCUT2D eigenvalue weighted by atomic mass is 10.1. The molecule has 0 spiro atoms. The molecule has 19 heavy (non-hydrogen) atoms. The van der Waals surface area contributed by atoms with Crippen LogP contribution in [-0.4, -0.2) is 32.2 Å². The smallest absolute Gasteiger partial charge is 0.224 e. The Labute approximate surface area is 110 Å². The van der Waals surface area contributed by atoms with Crippen LogP contribution in [0.4, 0.5) is 8.78 Å². The first-order valence-electron chi connectivity index (χ1n) is 5.99. The molecule has 0 fully saturated rings. The number of hydrogen-bond acceptors (Lipinski definition) is 3. The Hall–Kier alpha value is -1.53. The Morgan fingerprint density at radius 2 is 2.21 bits per heavy atom. The zero-order valence-corrected chi connectivity index (χ0v) is 10.8. The molecule has 0 aliphatic heterocycles. The topological polar surface area (TPSA) is 64.3 Å². The van der Waals surface area contributed by atoms with Crippen LogP contribution in [0.15, 0.2) is 18.2 Å². The number of hydrogen-bond donors (Lipinski definition) is 2. The lowest BCUT2D eigenvalue weighted by Gasteiger charge is -2.17. The zero-order chi connectivity index (χ0) is 14.3. The van der Waals surface area contributed by atoms with Crippen molar-refractivity contribution in [3.8, 4) is 0 Å². The number of nitrogens with two attached hydrogens (primary N) is 1. The van der Waals surface area contributed by atoms with Crippen molar-refractivity contribution in [2.45, 2.75) is 18.9 Å². The van der Waals surface area contributed by atoms with E-state index in [1.807, 2.05) is 0 Å². The Balaban J connectivity index is 2.61. The first kappa shape index (κ1) is 15.5. The molecule has 0 heterocycles. The van der Waals surface area contributed by atoms with Crippen molar-refractivity contribution in [1.29, 1.82) is 0 Å². The Kier molecular flexibility index (Phi) is 6.38. The van der Waals surface area contributed by atoms with Crippen LogP contribution in [-0.2, 0) is 16.0 Å². The standard InChI is InChI=1S/C13H18F2N2O2/c1-19-8-10(5-6-16)17-12(18)7-9-3-2-4-11(14)13(9)15/h2-4,10H,5-8,16H2,1H3,(H,17,18). The third-order valence-electron chi connectivity index (χ3n) is 2.63. The number of halogens is 2. The SMILES string of the molecule is COCC(CCN)NC(=O)Cc1cccc(F)c1F. The van der Waals surface area contributed by atoms with Gasteiger partial charge in [-0.1, -0.05) is 12.1 Å². The summed E-state index contributed by atoms with van der Waals surface area (Å²) < 4.78 is 31.3. The Bertz CT molecular complexity index is 421. The van der Waals surface area contributed by atoms with Gasteiger partial charge in [0.15, 0.2) is 11.6 Å². The highest BCUT2D eigenvalue weighted by atomic mass is 19.2. The van der Waals surface area contributed by atoms with Gasteiger partial charge in [0, 0.05) is 12.7 Å². The van der Waals surface area contributed by atoms with Gasteiger partial charge in [0.2, 0.25) is 5.91 Å². The fourth-order valence-corrected chi connectivity index (χ4v) is 1.74. The lowest BCUT2D eigenvalue weighted by molar-refractivity contribution is -0.121. The monoisotopic (exact) mass is 272 g/mol. The van der Waals surface area contributed by atoms with E-state index in [-0.39, 0.29) is 23.9 Å². The average molecular weight is 272 g/mol. The normalized spacial score (nSPS) is 12.2. The third-order valence-corrected chi connectivity index (χ3v) is 2.63. The molecular weight excluding hydrogens is 254 g/mol. The van der Waals surface area contributed by atoms with Gasteiger partial charge >= 0.3 is 0 Å². The summed E-state index contributed by atoms with van der Waals surface area (Å²) in [7, 11) is 1.52. The molecule has 0 aliphatic carbocycles. The summed E-state index contributed by atoms with van der Waals surface area (Å²) in [5, 5.41) is 2.68. The summed E-state index contributed by atoms with van der Waals surface area (Å²) >= 11 is 0. The molecule has 106 valence electrons. The summed E-state index contributed by atoms with van der Waals surface area (Å²) in [6.45, 7) is 0.733. The van der Waals surface area contributed by atoms with Gasteiger partial charge in [-0.25, -0.2) is 8.78 Å². The molecule has 1 aromatic rings. The summed E-state index contributed by atoms with van der Waals surface area (Å²) in [5.74, 6) is -2.33. The van der Waals surface area contributed by atoms with E-state index in [2.05, 4.69) is 5.32 Å². The highest BCUT2D eigenvalue weighted by Crippen LogP contribution is 2.11. The minimum atomic E-state index is -0.986. The van der Waals surface area contributed by atoms with E-state index in [0.29, 0.717) is 19.6 Å². The van der Waals surface area contributed by atoms with Crippen LogP contribution in [0.3, 0.4) is 0 Å². The molecule has 6 heteroatoms. The van der Waals surface area contributed by atoms with Gasteiger partial charge in [0.25, 0.3) is 0 Å². The van der Waals surface area contributed by atoms with Gasteiger partial charge < -0.3 is 15.8 Å². The fourth-order valence-electron chi connectivity index (χ4n) is 1.74. The molecule has 0 aromatic heterocycles. The van der Waals surface area contributed by atoms with Crippen molar-refractivity contribution in [2.75, 3.05) is 20.3 Å². The van der Waals surface area contributed by atoms with Crippen molar-refractivity contribution >= 4 is 5.91 Å².